The van der Waals surface area contributed by atoms with Gasteiger partial charge in [-0.25, -0.2) is 4.39 Å². The Morgan fingerprint density at radius 1 is 1.22 bits per heavy atom. The van der Waals surface area contributed by atoms with E-state index in [0.717, 1.165) is 22.0 Å². The second-order valence-electron chi connectivity index (χ2n) is 5.45. The maximum Gasteiger partial charge on any atom is 0.268 e. The maximum atomic E-state index is 12.8. The molecule has 0 spiro atoms. The highest BCUT2D eigenvalue weighted by molar-refractivity contribution is 6.31. The minimum absolute atomic E-state index is 0.156. The Morgan fingerprint density at radius 3 is 2.70 bits per heavy atom. The number of amides is 1. The van der Waals surface area contributed by atoms with Gasteiger partial charge in [-0.15, -0.1) is 0 Å². The first-order valence-corrected chi connectivity index (χ1v) is 7.73. The minimum Gasteiger partial charge on any atom is -0.350 e. The van der Waals surface area contributed by atoms with Gasteiger partial charge in [0.15, 0.2) is 0 Å². The fourth-order valence-electron chi connectivity index (χ4n) is 2.60. The molecular formula is C18H16ClFN2O. The molecule has 1 amide bonds. The van der Waals surface area contributed by atoms with Crippen LogP contribution in [0.4, 0.5) is 4.39 Å². The van der Waals surface area contributed by atoms with Crippen molar-refractivity contribution >= 4 is 28.4 Å². The fourth-order valence-corrected chi connectivity index (χ4v) is 2.77. The van der Waals surface area contributed by atoms with Crippen molar-refractivity contribution in [2.45, 2.75) is 13.3 Å². The van der Waals surface area contributed by atoms with Crippen LogP contribution in [0.3, 0.4) is 0 Å². The molecule has 0 unspecified atom stereocenters. The zero-order valence-electron chi connectivity index (χ0n) is 12.6. The first-order valence-electron chi connectivity index (χ1n) is 7.35. The highest BCUT2D eigenvalue weighted by Crippen LogP contribution is 2.24. The molecule has 0 bridgehead atoms. The Labute approximate surface area is 138 Å². The van der Waals surface area contributed by atoms with Gasteiger partial charge >= 0.3 is 0 Å². The molecule has 3 aromatic rings. The summed E-state index contributed by atoms with van der Waals surface area (Å²) in [5.74, 6) is -0.415. The van der Waals surface area contributed by atoms with Gasteiger partial charge in [-0.3, -0.25) is 4.79 Å². The van der Waals surface area contributed by atoms with Crippen LogP contribution in [0.2, 0.25) is 5.02 Å². The van der Waals surface area contributed by atoms with Crippen molar-refractivity contribution in [1.82, 2.24) is 10.3 Å². The number of fused-ring (bicyclic) bond motifs is 1. The van der Waals surface area contributed by atoms with Crippen LogP contribution in [0, 0.1) is 12.7 Å². The van der Waals surface area contributed by atoms with Crippen LogP contribution in [0.15, 0.2) is 42.5 Å². The molecule has 5 heteroatoms. The lowest BCUT2D eigenvalue weighted by molar-refractivity contribution is 0.0949. The van der Waals surface area contributed by atoms with Crippen molar-refractivity contribution in [3.63, 3.8) is 0 Å². The predicted molar refractivity (Wildman–Crippen MR) is 90.5 cm³/mol. The van der Waals surface area contributed by atoms with Crippen LogP contribution >= 0.6 is 11.6 Å². The number of hydrogen-bond acceptors (Lipinski definition) is 1. The average Bonchev–Trinajstić information content (AvgIpc) is 2.85. The zero-order chi connectivity index (χ0) is 16.4. The Balaban J connectivity index is 1.68. The van der Waals surface area contributed by atoms with E-state index in [4.69, 9.17) is 11.6 Å². The summed E-state index contributed by atoms with van der Waals surface area (Å²) >= 11 is 5.98. The first-order chi connectivity index (χ1) is 11.0. The number of aromatic nitrogens is 1. The number of H-pyrrole nitrogens is 1. The summed E-state index contributed by atoms with van der Waals surface area (Å²) in [5.41, 5.74) is 3.27. The van der Waals surface area contributed by atoms with Gasteiger partial charge in [0.05, 0.1) is 0 Å². The van der Waals surface area contributed by atoms with E-state index in [1.807, 2.05) is 13.0 Å². The van der Waals surface area contributed by atoms with Crippen LogP contribution in [-0.2, 0) is 6.42 Å². The van der Waals surface area contributed by atoms with Crippen molar-refractivity contribution < 1.29 is 9.18 Å². The summed E-state index contributed by atoms with van der Waals surface area (Å²) in [6, 6.07) is 11.8. The average molecular weight is 331 g/mol. The van der Waals surface area contributed by atoms with Crippen LogP contribution < -0.4 is 5.32 Å². The van der Waals surface area contributed by atoms with Crippen molar-refractivity contribution in [3.05, 3.63) is 70.1 Å². The standard InChI is InChI=1S/C18H16ClFN2O/c1-11-15-7-4-13(19)10-16(15)22-17(11)18(23)21-9-8-12-2-5-14(20)6-3-12/h2-7,10,22H,8-9H2,1H3,(H,21,23). The van der Waals surface area contributed by atoms with Crippen LogP contribution in [0.1, 0.15) is 21.6 Å². The Bertz CT molecular complexity index is 855. The lowest BCUT2D eigenvalue weighted by Crippen LogP contribution is -2.26. The molecule has 3 rings (SSSR count). The summed E-state index contributed by atoms with van der Waals surface area (Å²) in [7, 11) is 0. The van der Waals surface area contributed by atoms with E-state index in [2.05, 4.69) is 10.3 Å². The van der Waals surface area contributed by atoms with Crippen LogP contribution in [0.25, 0.3) is 10.9 Å². The van der Waals surface area contributed by atoms with Crippen LogP contribution in [-0.4, -0.2) is 17.4 Å². The smallest absolute Gasteiger partial charge is 0.268 e. The predicted octanol–water partition coefficient (Wildman–Crippen LogP) is 4.24. The van der Waals surface area contributed by atoms with E-state index in [0.29, 0.717) is 23.7 Å². The molecule has 1 aromatic heterocycles. The number of nitrogens with one attached hydrogen (secondary N) is 2. The van der Waals surface area contributed by atoms with Crippen molar-refractivity contribution in [2.24, 2.45) is 0 Å². The van der Waals surface area contributed by atoms with Crippen molar-refractivity contribution in [3.8, 4) is 0 Å². The molecule has 3 nitrogen and oxygen atoms in total. The molecule has 0 fully saturated rings. The molecule has 0 aliphatic rings. The number of benzene rings is 2. The van der Waals surface area contributed by atoms with Gasteiger partial charge in [0, 0.05) is 22.5 Å². The number of hydrogen-bond donors (Lipinski definition) is 2. The number of carbonyl (C=O) groups is 1. The second-order valence-corrected chi connectivity index (χ2v) is 5.88. The fraction of sp³-hybridized carbons (Fsp3) is 0.167. The Morgan fingerprint density at radius 2 is 1.96 bits per heavy atom. The summed E-state index contributed by atoms with van der Waals surface area (Å²) in [6.07, 6.45) is 0.650. The second kappa shape index (κ2) is 6.42. The van der Waals surface area contributed by atoms with Crippen molar-refractivity contribution in [1.29, 1.82) is 0 Å². The lowest BCUT2D eigenvalue weighted by Gasteiger charge is -2.05. The third-order valence-corrected chi connectivity index (χ3v) is 4.09. The van der Waals surface area contributed by atoms with E-state index < -0.39 is 0 Å². The summed E-state index contributed by atoms with van der Waals surface area (Å²) in [6.45, 7) is 2.39. The zero-order valence-corrected chi connectivity index (χ0v) is 13.4. The molecule has 23 heavy (non-hydrogen) atoms. The normalized spacial score (nSPS) is 10.9. The highest BCUT2D eigenvalue weighted by Gasteiger charge is 2.14. The monoisotopic (exact) mass is 330 g/mol. The summed E-state index contributed by atoms with van der Waals surface area (Å²) < 4.78 is 12.8. The molecule has 2 aromatic carbocycles. The maximum absolute atomic E-state index is 12.8. The number of carbonyl (C=O) groups excluding carboxylic acids is 1. The molecule has 0 saturated heterocycles. The van der Waals surface area contributed by atoms with E-state index >= 15 is 0 Å². The highest BCUT2D eigenvalue weighted by atomic mass is 35.5. The molecule has 0 radical (unpaired) electrons. The van der Waals surface area contributed by atoms with E-state index in [1.165, 1.54) is 12.1 Å². The third kappa shape index (κ3) is 3.37. The topological polar surface area (TPSA) is 44.9 Å². The van der Waals surface area contributed by atoms with Gasteiger partial charge in [0.2, 0.25) is 0 Å². The summed E-state index contributed by atoms with van der Waals surface area (Å²) in [4.78, 5) is 15.4. The SMILES string of the molecule is Cc1c(C(=O)NCCc2ccc(F)cc2)[nH]c2cc(Cl)ccc12. The number of aryl methyl sites for hydroxylation is 1. The lowest BCUT2D eigenvalue weighted by atomic mass is 10.1. The van der Waals surface area contributed by atoms with Gasteiger partial charge in [-0.05, 0) is 48.7 Å². The van der Waals surface area contributed by atoms with Crippen LogP contribution in [0.5, 0.6) is 0 Å². The largest absolute Gasteiger partial charge is 0.350 e. The molecule has 118 valence electrons. The van der Waals surface area contributed by atoms with Gasteiger partial charge < -0.3 is 10.3 Å². The van der Waals surface area contributed by atoms with Gasteiger partial charge in [-0.1, -0.05) is 29.8 Å². The molecule has 0 aliphatic carbocycles. The Hall–Kier alpha value is -2.33. The van der Waals surface area contributed by atoms with Gasteiger partial charge in [0.1, 0.15) is 11.5 Å². The number of aromatic amines is 1. The number of halogens is 2. The molecule has 2 N–H and O–H groups in total. The number of rotatable bonds is 4. The first kappa shape index (κ1) is 15.6. The molecule has 1 heterocycles. The minimum atomic E-state index is -0.259. The third-order valence-electron chi connectivity index (χ3n) is 3.86. The Kier molecular flexibility index (Phi) is 4.35. The van der Waals surface area contributed by atoms with E-state index in [1.54, 1.807) is 24.3 Å². The van der Waals surface area contributed by atoms with Crippen molar-refractivity contribution in [2.75, 3.05) is 6.54 Å². The molecule has 0 atom stereocenters. The van der Waals surface area contributed by atoms with E-state index in [9.17, 15) is 9.18 Å². The molecular weight excluding hydrogens is 315 g/mol. The quantitative estimate of drug-likeness (QED) is 0.738. The van der Waals surface area contributed by atoms with E-state index in [-0.39, 0.29) is 11.7 Å². The van der Waals surface area contributed by atoms with Gasteiger partial charge in [-0.2, -0.15) is 0 Å². The molecule has 0 saturated carbocycles. The molecule has 0 aliphatic heterocycles. The van der Waals surface area contributed by atoms with Gasteiger partial charge in [0.25, 0.3) is 5.91 Å². The summed E-state index contributed by atoms with van der Waals surface area (Å²) in [5, 5.41) is 4.49.